The molecule has 2 N–H and O–H groups in total. The highest BCUT2D eigenvalue weighted by Gasteiger charge is 2.39. The highest BCUT2D eigenvalue weighted by Crippen LogP contribution is 2.47. The SMILES string of the molecule is COc1cccc(C2COc3cc(O)ccc3C2c2ccc(N3CCC(CN4CCN(c5ccc6c(c5)CN(C5CCC(=O)NC5=O)C6=O)CC4)CC3)cc2)c1. The molecule has 3 unspecified atom stereocenters. The number of benzene rings is 4. The van der Waals surface area contributed by atoms with Crippen LogP contribution in [0.1, 0.15) is 70.1 Å². The third-order valence-electron chi connectivity index (χ3n) is 12.7. The lowest BCUT2D eigenvalue weighted by atomic mass is 9.76. The molecule has 11 nitrogen and oxygen atoms in total. The minimum Gasteiger partial charge on any atom is -0.508 e. The van der Waals surface area contributed by atoms with Crippen molar-refractivity contribution in [3.63, 3.8) is 0 Å². The molecule has 3 amide bonds. The molecule has 4 aromatic rings. The molecule has 0 bridgehead atoms. The third kappa shape index (κ3) is 7.04. The molecule has 56 heavy (non-hydrogen) atoms. The Balaban J connectivity index is 0.787. The van der Waals surface area contributed by atoms with Gasteiger partial charge in [0.15, 0.2) is 0 Å². The topological polar surface area (TPSA) is 115 Å². The number of carbonyl (C=O) groups is 3. The first-order chi connectivity index (χ1) is 27.3. The Kier molecular flexibility index (Phi) is 9.79. The fourth-order valence-electron chi connectivity index (χ4n) is 9.55. The molecule has 4 aromatic carbocycles. The lowest BCUT2D eigenvalue weighted by molar-refractivity contribution is -0.136. The number of ether oxygens (including phenoxy) is 2. The van der Waals surface area contributed by atoms with Crippen molar-refractivity contribution < 1.29 is 29.0 Å². The second-order valence-electron chi connectivity index (χ2n) is 15.9. The summed E-state index contributed by atoms with van der Waals surface area (Å²) < 4.78 is 11.8. The number of rotatable bonds is 8. The molecule has 0 aliphatic carbocycles. The maximum absolute atomic E-state index is 13.2. The van der Waals surface area contributed by atoms with Gasteiger partial charge in [-0.1, -0.05) is 30.3 Å². The number of nitrogens with one attached hydrogen (secondary N) is 1. The summed E-state index contributed by atoms with van der Waals surface area (Å²) in [5.74, 6) is 1.85. The van der Waals surface area contributed by atoms with Gasteiger partial charge in [-0.25, -0.2) is 0 Å². The number of amides is 3. The maximum atomic E-state index is 13.2. The fourth-order valence-corrected chi connectivity index (χ4v) is 9.55. The van der Waals surface area contributed by atoms with E-state index in [1.165, 1.54) is 29.7 Å². The van der Waals surface area contributed by atoms with Gasteiger partial charge in [0.25, 0.3) is 5.91 Å². The molecule has 3 fully saturated rings. The van der Waals surface area contributed by atoms with Gasteiger partial charge in [-0.05, 0) is 90.4 Å². The van der Waals surface area contributed by atoms with Crippen molar-refractivity contribution in [3.05, 3.63) is 113 Å². The first-order valence-electron chi connectivity index (χ1n) is 20.0. The average molecular weight is 756 g/mol. The zero-order chi connectivity index (χ0) is 38.3. The fraction of sp³-hybridized carbons (Fsp3) is 0.400. The summed E-state index contributed by atoms with van der Waals surface area (Å²) in [5.41, 5.74) is 7.47. The molecule has 5 aliphatic heterocycles. The van der Waals surface area contributed by atoms with E-state index >= 15 is 0 Å². The number of phenols is 1. The molecule has 0 radical (unpaired) electrons. The summed E-state index contributed by atoms with van der Waals surface area (Å²) in [7, 11) is 1.69. The molecule has 0 spiro atoms. The number of piperidine rings is 2. The van der Waals surface area contributed by atoms with E-state index in [4.69, 9.17) is 9.47 Å². The zero-order valence-corrected chi connectivity index (χ0v) is 31.9. The minimum absolute atomic E-state index is 0.0777. The molecule has 0 aromatic heterocycles. The van der Waals surface area contributed by atoms with Gasteiger partial charge >= 0.3 is 0 Å². The quantitative estimate of drug-likeness (QED) is 0.225. The number of imide groups is 1. The number of aromatic hydroxyl groups is 1. The van der Waals surface area contributed by atoms with E-state index in [1.54, 1.807) is 24.1 Å². The smallest absolute Gasteiger partial charge is 0.255 e. The number of fused-ring (bicyclic) bond motifs is 2. The molecule has 11 heteroatoms. The summed E-state index contributed by atoms with van der Waals surface area (Å²) in [6.45, 7) is 8.00. The molecule has 5 heterocycles. The van der Waals surface area contributed by atoms with E-state index < -0.39 is 6.04 Å². The van der Waals surface area contributed by atoms with Crippen LogP contribution in [0.2, 0.25) is 0 Å². The van der Waals surface area contributed by atoms with Gasteiger partial charge in [-0.3, -0.25) is 24.6 Å². The number of hydrogen-bond acceptors (Lipinski definition) is 9. The standard InChI is InChI=1S/C45H49N5O6/c1-55-36-4-2-3-31(24-36)39-28-56-41-25-35(51)10-12-38(41)43(39)30-5-7-33(8-6-30)48-17-15-29(16-18-48)26-47-19-21-49(22-20-47)34-9-11-37-32(23-34)27-50(45(37)54)40-13-14-42(52)46-44(40)53/h2-12,23-25,29,39-40,43,51H,13-22,26-28H2,1H3,(H,46,52,53). The number of carbonyl (C=O) groups excluding carboxylic acids is 3. The highest BCUT2D eigenvalue weighted by atomic mass is 16.5. The second kappa shape index (κ2) is 15.2. The van der Waals surface area contributed by atoms with Crippen LogP contribution in [0, 0.1) is 5.92 Å². The Morgan fingerprint density at radius 2 is 1.57 bits per heavy atom. The maximum Gasteiger partial charge on any atom is 0.255 e. The molecule has 3 atom stereocenters. The molecular formula is C45H49N5O6. The van der Waals surface area contributed by atoms with Gasteiger partial charge in [0.2, 0.25) is 11.8 Å². The van der Waals surface area contributed by atoms with Gasteiger partial charge in [0.1, 0.15) is 23.3 Å². The van der Waals surface area contributed by atoms with E-state index in [0.29, 0.717) is 31.1 Å². The van der Waals surface area contributed by atoms with E-state index in [9.17, 15) is 19.5 Å². The van der Waals surface area contributed by atoms with Crippen molar-refractivity contribution in [2.24, 2.45) is 5.92 Å². The summed E-state index contributed by atoms with van der Waals surface area (Å²) in [6, 6.07) is 28.3. The predicted molar refractivity (Wildman–Crippen MR) is 214 cm³/mol. The van der Waals surface area contributed by atoms with Crippen molar-refractivity contribution in [3.8, 4) is 17.2 Å². The first-order valence-corrected chi connectivity index (χ1v) is 20.0. The predicted octanol–water partition coefficient (Wildman–Crippen LogP) is 5.51. The Morgan fingerprint density at radius 3 is 2.34 bits per heavy atom. The van der Waals surface area contributed by atoms with Gasteiger partial charge < -0.3 is 29.3 Å². The second-order valence-corrected chi connectivity index (χ2v) is 15.9. The van der Waals surface area contributed by atoms with Crippen molar-refractivity contribution >= 4 is 29.1 Å². The normalized spacial score (nSPS) is 23.1. The van der Waals surface area contributed by atoms with Crippen molar-refractivity contribution in [2.45, 2.75) is 50.1 Å². The van der Waals surface area contributed by atoms with Crippen LogP contribution in [0.3, 0.4) is 0 Å². The van der Waals surface area contributed by atoms with Crippen molar-refractivity contribution in [1.82, 2.24) is 15.1 Å². The zero-order valence-electron chi connectivity index (χ0n) is 31.9. The van der Waals surface area contributed by atoms with Gasteiger partial charge in [-0.2, -0.15) is 0 Å². The van der Waals surface area contributed by atoms with Crippen LogP contribution in [-0.2, 0) is 16.1 Å². The van der Waals surface area contributed by atoms with Crippen LogP contribution in [0.4, 0.5) is 11.4 Å². The first kappa shape index (κ1) is 36.1. The van der Waals surface area contributed by atoms with Crippen LogP contribution in [0.25, 0.3) is 0 Å². The largest absolute Gasteiger partial charge is 0.508 e. The van der Waals surface area contributed by atoms with Crippen molar-refractivity contribution in [1.29, 1.82) is 0 Å². The summed E-state index contributed by atoms with van der Waals surface area (Å²) >= 11 is 0. The Labute approximate surface area is 327 Å². The summed E-state index contributed by atoms with van der Waals surface area (Å²) in [6.07, 6.45) is 2.96. The molecule has 9 rings (SSSR count). The molecule has 290 valence electrons. The summed E-state index contributed by atoms with van der Waals surface area (Å²) in [5, 5.41) is 12.6. The molecule has 3 saturated heterocycles. The van der Waals surface area contributed by atoms with Gasteiger partial charge in [-0.15, -0.1) is 0 Å². The van der Waals surface area contributed by atoms with Crippen LogP contribution >= 0.6 is 0 Å². The Bertz CT molecular complexity index is 2120. The van der Waals surface area contributed by atoms with Crippen LogP contribution in [0.15, 0.2) is 84.9 Å². The van der Waals surface area contributed by atoms with Gasteiger partial charge in [0, 0.05) is 99.2 Å². The molecular weight excluding hydrogens is 707 g/mol. The lowest BCUT2D eigenvalue weighted by Crippen LogP contribution is -2.52. The monoisotopic (exact) mass is 755 g/mol. The number of methoxy groups -OCH3 is 1. The van der Waals surface area contributed by atoms with E-state index in [0.717, 1.165) is 74.1 Å². The van der Waals surface area contributed by atoms with E-state index in [1.807, 2.05) is 30.3 Å². The number of phenolic OH excluding ortho intramolecular Hbond substituents is 1. The van der Waals surface area contributed by atoms with Crippen molar-refractivity contribution in [2.75, 3.05) is 69.3 Å². The van der Waals surface area contributed by atoms with E-state index in [2.05, 4.69) is 62.5 Å². The van der Waals surface area contributed by atoms with Crippen LogP contribution < -0.4 is 24.6 Å². The van der Waals surface area contributed by atoms with Crippen LogP contribution in [0.5, 0.6) is 17.2 Å². The Morgan fingerprint density at radius 1 is 0.804 bits per heavy atom. The molecule has 0 saturated carbocycles. The number of anilines is 2. The number of hydrogen-bond donors (Lipinski definition) is 2. The average Bonchev–Trinajstić information content (AvgIpc) is 3.55. The highest BCUT2D eigenvalue weighted by molar-refractivity contribution is 6.05. The number of piperazine rings is 1. The number of nitrogens with zero attached hydrogens (tertiary/aromatic N) is 4. The Hall–Kier alpha value is -5.55. The molecule has 5 aliphatic rings. The minimum atomic E-state index is -0.593. The lowest BCUT2D eigenvalue weighted by Gasteiger charge is -2.40. The third-order valence-corrected chi connectivity index (χ3v) is 12.7. The van der Waals surface area contributed by atoms with Crippen LogP contribution in [-0.4, -0.2) is 98.2 Å². The summed E-state index contributed by atoms with van der Waals surface area (Å²) in [4.78, 5) is 46.4. The van der Waals surface area contributed by atoms with E-state index in [-0.39, 0.29) is 41.7 Å². The van der Waals surface area contributed by atoms with Gasteiger partial charge in [0.05, 0.1) is 13.7 Å².